The summed E-state index contributed by atoms with van der Waals surface area (Å²) in [6.07, 6.45) is 8.88. The number of hydrogen-bond acceptors (Lipinski definition) is 5. The highest BCUT2D eigenvalue weighted by Crippen LogP contribution is 2.49. The number of aryl methyl sites for hydroxylation is 1. The average Bonchev–Trinajstić information content (AvgIpc) is 3.54. The minimum absolute atomic E-state index is 0.0625. The average molecular weight is 448 g/mol. The van der Waals surface area contributed by atoms with Gasteiger partial charge in [0.2, 0.25) is 5.91 Å². The zero-order valence-corrected chi connectivity index (χ0v) is 19.4. The van der Waals surface area contributed by atoms with Crippen LogP contribution in [0.15, 0.2) is 53.9 Å². The smallest absolute Gasteiger partial charge is 0.230 e. The van der Waals surface area contributed by atoms with Gasteiger partial charge in [-0.3, -0.25) is 14.3 Å². The first-order chi connectivity index (χ1) is 15.6. The maximum atomic E-state index is 12.8. The third-order valence-corrected chi connectivity index (χ3v) is 7.99. The Morgan fingerprint density at radius 1 is 1.19 bits per heavy atom. The van der Waals surface area contributed by atoms with Crippen molar-refractivity contribution in [2.24, 2.45) is 17.8 Å². The predicted molar refractivity (Wildman–Crippen MR) is 127 cm³/mol. The second kappa shape index (κ2) is 9.06. The van der Waals surface area contributed by atoms with E-state index in [0.717, 1.165) is 34.5 Å². The Morgan fingerprint density at radius 2 is 2.06 bits per heavy atom. The van der Waals surface area contributed by atoms with E-state index in [1.165, 1.54) is 37.4 Å². The minimum atomic E-state index is 0.0625. The standard InChI is InChI=1S/C25H29N5OS/c1-16-6-3-4-8-22(16)30-24(20-7-5-11-26-14-20)28-29-25(30)32-15-23(31)27-17(2)21-13-18-9-10-19(21)12-18/h3-8,11,14,17-19,21H,9-10,12-13,15H2,1-2H3,(H,27,31). The molecule has 3 aromatic rings. The van der Waals surface area contributed by atoms with E-state index in [-0.39, 0.29) is 11.9 Å². The number of aromatic nitrogens is 4. The number of thioether (sulfide) groups is 1. The van der Waals surface area contributed by atoms with Gasteiger partial charge in [-0.2, -0.15) is 0 Å². The molecule has 0 radical (unpaired) electrons. The van der Waals surface area contributed by atoms with E-state index in [4.69, 9.17) is 0 Å². The summed E-state index contributed by atoms with van der Waals surface area (Å²) in [5.74, 6) is 3.43. The van der Waals surface area contributed by atoms with Crippen molar-refractivity contribution in [3.63, 3.8) is 0 Å². The Bertz CT molecular complexity index is 1100. The van der Waals surface area contributed by atoms with Gasteiger partial charge in [-0.15, -0.1) is 10.2 Å². The third-order valence-electron chi connectivity index (χ3n) is 7.07. The van der Waals surface area contributed by atoms with Crippen LogP contribution in [0.3, 0.4) is 0 Å². The van der Waals surface area contributed by atoms with E-state index in [0.29, 0.717) is 16.8 Å². The summed E-state index contributed by atoms with van der Waals surface area (Å²) in [6, 6.07) is 12.3. The van der Waals surface area contributed by atoms with Crippen LogP contribution < -0.4 is 5.32 Å². The topological polar surface area (TPSA) is 72.7 Å². The fraction of sp³-hybridized carbons (Fsp3) is 0.440. The van der Waals surface area contributed by atoms with E-state index in [1.807, 2.05) is 28.8 Å². The second-order valence-electron chi connectivity index (χ2n) is 9.15. The number of amides is 1. The molecule has 1 amide bonds. The van der Waals surface area contributed by atoms with Gasteiger partial charge >= 0.3 is 0 Å². The number of benzene rings is 1. The molecule has 2 fully saturated rings. The molecule has 2 aromatic heterocycles. The molecule has 4 unspecified atom stereocenters. The number of para-hydroxylation sites is 1. The Kier molecular flexibility index (Phi) is 6.00. The van der Waals surface area contributed by atoms with Crippen LogP contribution in [0, 0.1) is 24.7 Å². The van der Waals surface area contributed by atoms with Crippen LogP contribution >= 0.6 is 11.8 Å². The van der Waals surface area contributed by atoms with Crippen LogP contribution in [0.5, 0.6) is 0 Å². The normalized spacial score (nSPS) is 22.8. The van der Waals surface area contributed by atoms with Gasteiger partial charge in [-0.25, -0.2) is 0 Å². The van der Waals surface area contributed by atoms with E-state index in [2.05, 4.69) is 46.5 Å². The zero-order valence-electron chi connectivity index (χ0n) is 18.6. The number of nitrogens with zero attached hydrogens (tertiary/aromatic N) is 4. The Balaban J connectivity index is 1.33. The van der Waals surface area contributed by atoms with E-state index in [9.17, 15) is 4.79 Å². The largest absolute Gasteiger partial charge is 0.353 e. The van der Waals surface area contributed by atoms with Crippen LogP contribution in [-0.4, -0.2) is 37.5 Å². The lowest BCUT2D eigenvalue weighted by molar-refractivity contribution is -0.119. The van der Waals surface area contributed by atoms with Gasteiger partial charge in [-0.05, 0) is 74.6 Å². The minimum Gasteiger partial charge on any atom is -0.353 e. The molecule has 0 aliphatic heterocycles. The van der Waals surface area contributed by atoms with Crippen molar-refractivity contribution in [1.29, 1.82) is 0 Å². The summed E-state index contributed by atoms with van der Waals surface area (Å²) in [5, 5.41) is 12.9. The van der Waals surface area contributed by atoms with Crippen molar-refractivity contribution in [3.05, 3.63) is 54.4 Å². The van der Waals surface area contributed by atoms with Crippen molar-refractivity contribution in [3.8, 4) is 17.1 Å². The molecular formula is C25H29N5OS. The fourth-order valence-corrected chi connectivity index (χ4v) is 6.27. The summed E-state index contributed by atoms with van der Waals surface area (Å²) in [5.41, 5.74) is 3.02. The third kappa shape index (κ3) is 4.18. The van der Waals surface area contributed by atoms with E-state index < -0.39 is 0 Å². The van der Waals surface area contributed by atoms with Gasteiger partial charge in [0.15, 0.2) is 11.0 Å². The molecule has 1 N–H and O–H groups in total. The van der Waals surface area contributed by atoms with Crippen LogP contribution in [0.25, 0.3) is 17.1 Å². The number of carbonyl (C=O) groups excluding carboxylic acids is 1. The molecule has 2 heterocycles. The van der Waals surface area contributed by atoms with Crippen LogP contribution in [0.2, 0.25) is 0 Å². The molecule has 6 nitrogen and oxygen atoms in total. The number of hydrogen-bond donors (Lipinski definition) is 1. The maximum absolute atomic E-state index is 12.8. The molecule has 166 valence electrons. The van der Waals surface area contributed by atoms with Crippen molar-refractivity contribution < 1.29 is 4.79 Å². The Labute approximate surface area is 193 Å². The molecule has 2 bridgehead atoms. The molecule has 2 aliphatic rings. The van der Waals surface area contributed by atoms with Crippen molar-refractivity contribution in [2.45, 2.75) is 50.7 Å². The first-order valence-corrected chi connectivity index (χ1v) is 12.4. The molecule has 5 rings (SSSR count). The number of pyridine rings is 1. The fourth-order valence-electron chi connectivity index (χ4n) is 5.52. The number of carbonyl (C=O) groups is 1. The lowest BCUT2D eigenvalue weighted by Crippen LogP contribution is -2.40. The summed E-state index contributed by atoms with van der Waals surface area (Å²) in [6.45, 7) is 4.24. The molecule has 0 saturated heterocycles. The first kappa shape index (κ1) is 21.2. The lowest BCUT2D eigenvalue weighted by Gasteiger charge is -2.28. The molecule has 2 aliphatic carbocycles. The van der Waals surface area contributed by atoms with Crippen molar-refractivity contribution in [1.82, 2.24) is 25.1 Å². The van der Waals surface area contributed by atoms with Gasteiger partial charge in [-0.1, -0.05) is 36.4 Å². The van der Waals surface area contributed by atoms with Crippen molar-refractivity contribution in [2.75, 3.05) is 5.75 Å². The Morgan fingerprint density at radius 3 is 2.78 bits per heavy atom. The SMILES string of the molecule is Cc1ccccc1-n1c(SCC(=O)NC(C)C2CC3CCC2C3)nnc1-c1cccnc1. The summed E-state index contributed by atoms with van der Waals surface area (Å²) in [4.78, 5) is 17.0. The molecule has 1 aromatic carbocycles. The van der Waals surface area contributed by atoms with Crippen LogP contribution in [0.1, 0.15) is 38.2 Å². The number of fused-ring (bicyclic) bond motifs is 2. The van der Waals surface area contributed by atoms with Gasteiger partial charge in [0.25, 0.3) is 0 Å². The molecule has 7 heteroatoms. The predicted octanol–water partition coefficient (Wildman–Crippen LogP) is 4.67. The highest BCUT2D eigenvalue weighted by Gasteiger charge is 2.42. The molecular weight excluding hydrogens is 418 g/mol. The molecule has 0 spiro atoms. The lowest BCUT2D eigenvalue weighted by atomic mass is 9.84. The Hall–Kier alpha value is -2.67. The van der Waals surface area contributed by atoms with Crippen molar-refractivity contribution >= 4 is 17.7 Å². The quantitative estimate of drug-likeness (QED) is 0.533. The highest BCUT2D eigenvalue weighted by atomic mass is 32.2. The number of nitrogens with one attached hydrogen (secondary N) is 1. The van der Waals surface area contributed by atoms with Gasteiger partial charge in [0.05, 0.1) is 11.4 Å². The molecule has 2 saturated carbocycles. The van der Waals surface area contributed by atoms with Gasteiger partial charge in [0.1, 0.15) is 0 Å². The monoisotopic (exact) mass is 447 g/mol. The van der Waals surface area contributed by atoms with Gasteiger partial charge < -0.3 is 5.32 Å². The number of rotatable bonds is 7. The van der Waals surface area contributed by atoms with Crippen LogP contribution in [0.4, 0.5) is 0 Å². The van der Waals surface area contributed by atoms with Crippen LogP contribution in [-0.2, 0) is 4.79 Å². The summed E-state index contributed by atoms with van der Waals surface area (Å²) >= 11 is 1.43. The van der Waals surface area contributed by atoms with E-state index >= 15 is 0 Å². The van der Waals surface area contributed by atoms with Gasteiger partial charge in [0, 0.05) is 24.0 Å². The molecule has 4 atom stereocenters. The second-order valence-corrected chi connectivity index (χ2v) is 10.1. The highest BCUT2D eigenvalue weighted by molar-refractivity contribution is 7.99. The summed E-state index contributed by atoms with van der Waals surface area (Å²) < 4.78 is 2.03. The van der Waals surface area contributed by atoms with E-state index in [1.54, 1.807) is 12.4 Å². The first-order valence-electron chi connectivity index (χ1n) is 11.4. The molecule has 32 heavy (non-hydrogen) atoms. The summed E-state index contributed by atoms with van der Waals surface area (Å²) in [7, 11) is 0. The maximum Gasteiger partial charge on any atom is 0.230 e. The zero-order chi connectivity index (χ0) is 22.1.